The monoisotopic (exact) mass is 228 g/mol. The molecule has 0 aliphatic rings. The van der Waals surface area contributed by atoms with Crippen molar-refractivity contribution in [3.63, 3.8) is 0 Å². The molecule has 88 valence electrons. The van der Waals surface area contributed by atoms with Crippen LogP contribution in [0.3, 0.4) is 0 Å². The van der Waals surface area contributed by atoms with E-state index in [0.717, 1.165) is 16.8 Å². The topological polar surface area (TPSA) is 61.3 Å². The Morgan fingerprint density at radius 1 is 1.00 bits per heavy atom. The van der Waals surface area contributed by atoms with E-state index in [2.05, 4.69) is 0 Å². The van der Waals surface area contributed by atoms with Gasteiger partial charge in [0.25, 0.3) is 0 Å². The van der Waals surface area contributed by atoms with Gasteiger partial charge in [0.05, 0.1) is 12.3 Å². The minimum atomic E-state index is 0.602. The minimum absolute atomic E-state index is 0.602. The number of hydrogen-bond donors (Lipinski definition) is 2. The van der Waals surface area contributed by atoms with Gasteiger partial charge in [-0.3, -0.25) is 0 Å². The first-order valence-electron chi connectivity index (χ1n) is 5.59. The summed E-state index contributed by atoms with van der Waals surface area (Å²) in [6.07, 6.45) is 0. The molecule has 0 radical (unpaired) electrons. The summed E-state index contributed by atoms with van der Waals surface area (Å²) in [5.74, 6) is 0.715. The van der Waals surface area contributed by atoms with Gasteiger partial charge in [-0.25, -0.2) is 0 Å². The molecule has 0 amide bonds. The Bertz CT molecular complexity index is 523. The maximum Gasteiger partial charge on any atom is 0.142 e. The third kappa shape index (κ3) is 2.50. The molecule has 0 spiro atoms. The number of anilines is 2. The SMILES string of the molecule is CCOc1cc(-c2cccc(N)c2)ccc1N. The number of nitrogens with two attached hydrogens (primary N) is 2. The second-order valence-electron chi connectivity index (χ2n) is 3.81. The van der Waals surface area contributed by atoms with Gasteiger partial charge < -0.3 is 16.2 Å². The van der Waals surface area contributed by atoms with Crippen molar-refractivity contribution < 1.29 is 4.74 Å². The molecule has 4 N–H and O–H groups in total. The Morgan fingerprint density at radius 3 is 2.47 bits per heavy atom. The molecule has 2 rings (SSSR count). The average molecular weight is 228 g/mol. The van der Waals surface area contributed by atoms with Crippen molar-refractivity contribution in [1.29, 1.82) is 0 Å². The standard InChI is InChI=1S/C14H16N2O/c1-2-17-14-9-11(6-7-13(14)16)10-4-3-5-12(15)8-10/h3-9H,2,15-16H2,1H3. The molecule has 3 heteroatoms. The van der Waals surface area contributed by atoms with Crippen LogP contribution >= 0.6 is 0 Å². The van der Waals surface area contributed by atoms with Crippen LogP contribution in [0.4, 0.5) is 11.4 Å². The van der Waals surface area contributed by atoms with Crippen LogP contribution in [0, 0.1) is 0 Å². The van der Waals surface area contributed by atoms with Crippen molar-refractivity contribution >= 4 is 11.4 Å². The summed E-state index contributed by atoms with van der Waals surface area (Å²) in [6, 6.07) is 13.5. The second-order valence-corrected chi connectivity index (χ2v) is 3.81. The van der Waals surface area contributed by atoms with Crippen LogP contribution in [0.5, 0.6) is 5.75 Å². The lowest BCUT2D eigenvalue weighted by atomic mass is 10.0. The summed E-state index contributed by atoms with van der Waals surface area (Å²) < 4.78 is 5.47. The summed E-state index contributed by atoms with van der Waals surface area (Å²) in [5, 5.41) is 0. The lowest BCUT2D eigenvalue weighted by Gasteiger charge is -2.09. The Morgan fingerprint density at radius 2 is 1.76 bits per heavy atom. The van der Waals surface area contributed by atoms with E-state index >= 15 is 0 Å². The largest absolute Gasteiger partial charge is 0.492 e. The predicted molar refractivity (Wildman–Crippen MR) is 71.9 cm³/mol. The van der Waals surface area contributed by atoms with Gasteiger partial charge in [-0.2, -0.15) is 0 Å². The van der Waals surface area contributed by atoms with Gasteiger partial charge in [0.15, 0.2) is 0 Å². The fourth-order valence-corrected chi connectivity index (χ4v) is 1.71. The lowest BCUT2D eigenvalue weighted by molar-refractivity contribution is 0.342. The number of hydrogen-bond acceptors (Lipinski definition) is 3. The average Bonchev–Trinajstić information content (AvgIpc) is 2.32. The van der Waals surface area contributed by atoms with E-state index in [1.54, 1.807) is 0 Å². The molecule has 0 unspecified atom stereocenters. The Hall–Kier alpha value is -2.16. The molecule has 0 fully saturated rings. The van der Waals surface area contributed by atoms with Gasteiger partial charge in [0, 0.05) is 5.69 Å². The summed E-state index contributed by atoms with van der Waals surface area (Å²) >= 11 is 0. The molecule has 3 nitrogen and oxygen atoms in total. The van der Waals surface area contributed by atoms with Crippen LogP contribution < -0.4 is 16.2 Å². The second kappa shape index (κ2) is 4.78. The number of benzene rings is 2. The molecule has 0 atom stereocenters. The first-order chi connectivity index (χ1) is 8.20. The molecule has 0 aliphatic carbocycles. The van der Waals surface area contributed by atoms with Crippen LogP contribution in [0.2, 0.25) is 0 Å². The van der Waals surface area contributed by atoms with Gasteiger partial charge in [0.2, 0.25) is 0 Å². The van der Waals surface area contributed by atoms with E-state index in [1.807, 2.05) is 49.4 Å². The van der Waals surface area contributed by atoms with Crippen molar-refractivity contribution in [2.45, 2.75) is 6.92 Å². The third-order valence-corrected chi connectivity index (χ3v) is 2.53. The van der Waals surface area contributed by atoms with Crippen LogP contribution in [-0.2, 0) is 0 Å². The summed E-state index contributed by atoms with van der Waals surface area (Å²) in [7, 11) is 0. The van der Waals surface area contributed by atoms with E-state index < -0.39 is 0 Å². The zero-order valence-corrected chi connectivity index (χ0v) is 9.81. The Kier molecular flexibility index (Phi) is 3.19. The van der Waals surface area contributed by atoms with E-state index in [9.17, 15) is 0 Å². The molecule has 0 aromatic heterocycles. The molecule has 0 aliphatic heterocycles. The van der Waals surface area contributed by atoms with Gasteiger partial charge >= 0.3 is 0 Å². The molecule has 2 aromatic rings. The van der Waals surface area contributed by atoms with Crippen LogP contribution in [-0.4, -0.2) is 6.61 Å². The highest BCUT2D eigenvalue weighted by Crippen LogP contribution is 2.29. The maximum atomic E-state index is 5.83. The van der Waals surface area contributed by atoms with E-state index in [1.165, 1.54) is 0 Å². The van der Waals surface area contributed by atoms with Gasteiger partial charge in [-0.15, -0.1) is 0 Å². The molecule has 2 aromatic carbocycles. The summed E-state index contributed by atoms with van der Waals surface area (Å²) in [4.78, 5) is 0. The maximum absolute atomic E-state index is 5.83. The van der Waals surface area contributed by atoms with Gasteiger partial charge in [0.1, 0.15) is 5.75 Å². The van der Waals surface area contributed by atoms with Crippen molar-refractivity contribution in [1.82, 2.24) is 0 Å². The number of ether oxygens (including phenoxy) is 1. The molecular weight excluding hydrogens is 212 g/mol. The zero-order valence-electron chi connectivity index (χ0n) is 9.81. The first kappa shape index (κ1) is 11.3. The van der Waals surface area contributed by atoms with Crippen molar-refractivity contribution in [3.8, 4) is 16.9 Å². The van der Waals surface area contributed by atoms with Crippen molar-refractivity contribution in [2.75, 3.05) is 18.1 Å². The summed E-state index contributed by atoms with van der Waals surface area (Å²) in [6.45, 7) is 2.54. The first-order valence-corrected chi connectivity index (χ1v) is 5.59. The Labute approximate surface area is 101 Å². The third-order valence-electron chi connectivity index (χ3n) is 2.53. The van der Waals surface area contributed by atoms with E-state index in [-0.39, 0.29) is 0 Å². The highest BCUT2D eigenvalue weighted by atomic mass is 16.5. The smallest absolute Gasteiger partial charge is 0.142 e. The molecule has 17 heavy (non-hydrogen) atoms. The highest BCUT2D eigenvalue weighted by Gasteiger charge is 2.04. The van der Waals surface area contributed by atoms with E-state index in [4.69, 9.17) is 16.2 Å². The minimum Gasteiger partial charge on any atom is -0.492 e. The Balaban J connectivity index is 2.42. The predicted octanol–water partition coefficient (Wildman–Crippen LogP) is 2.92. The fraction of sp³-hybridized carbons (Fsp3) is 0.143. The normalized spacial score (nSPS) is 10.2. The molecule has 0 heterocycles. The number of nitrogen functional groups attached to an aromatic ring is 2. The molecule has 0 saturated carbocycles. The van der Waals surface area contributed by atoms with Gasteiger partial charge in [-0.05, 0) is 42.3 Å². The van der Waals surface area contributed by atoms with Crippen LogP contribution in [0.25, 0.3) is 11.1 Å². The van der Waals surface area contributed by atoms with Crippen LogP contribution in [0.1, 0.15) is 6.92 Å². The molecular formula is C14H16N2O. The summed E-state index contributed by atoms with van der Waals surface area (Å²) in [5.41, 5.74) is 15.1. The fourth-order valence-electron chi connectivity index (χ4n) is 1.71. The quantitative estimate of drug-likeness (QED) is 0.794. The molecule has 0 saturated heterocycles. The van der Waals surface area contributed by atoms with Crippen molar-refractivity contribution in [2.24, 2.45) is 0 Å². The van der Waals surface area contributed by atoms with E-state index in [0.29, 0.717) is 18.0 Å². The zero-order chi connectivity index (χ0) is 12.3. The van der Waals surface area contributed by atoms with Gasteiger partial charge in [-0.1, -0.05) is 18.2 Å². The van der Waals surface area contributed by atoms with Crippen LogP contribution in [0.15, 0.2) is 42.5 Å². The van der Waals surface area contributed by atoms with Crippen molar-refractivity contribution in [3.05, 3.63) is 42.5 Å². The highest BCUT2D eigenvalue weighted by molar-refractivity contribution is 5.72. The number of rotatable bonds is 3. The lowest BCUT2D eigenvalue weighted by Crippen LogP contribution is -1.97. The molecule has 0 bridgehead atoms.